The summed E-state index contributed by atoms with van der Waals surface area (Å²) in [6.07, 6.45) is 6.76. The van der Waals surface area contributed by atoms with Crippen LogP contribution < -0.4 is 10.2 Å². The van der Waals surface area contributed by atoms with Gasteiger partial charge in [-0.05, 0) is 69.3 Å². The summed E-state index contributed by atoms with van der Waals surface area (Å²) < 4.78 is 0. The number of fused-ring (bicyclic) bond motifs is 1. The average molecular weight is 285 g/mol. The van der Waals surface area contributed by atoms with E-state index in [-0.39, 0.29) is 0 Å². The third-order valence-corrected chi connectivity index (χ3v) is 5.63. The van der Waals surface area contributed by atoms with E-state index >= 15 is 0 Å². The lowest BCUT2D eigenvalue weighted by molar-refractivity contribution is 0.318. The number of hydrogen-bond donors (Lipinski definition) is 1. The van der Waals surface area contributed by atoms with Crippen LogP contribution in [0.5, 0.6) is 0 Å². The number of rotatable bonds is 3. The molecule has 0 saturated carbocycles. The van der Waals surface area contributed by atoms with E-state index in [4.69, 9.17) is 0 Å². The third-order valence-electron chi connectivity index (χ3n) is 5.63. The predicted molar refractivity (Wildman–Crippen MR) is 89.2 cm³/mol. The Morgan fingerprint density at radius 1 is 1.00 bits per heavy atom. The van der Waals surface area contributed by atoms with Gasteiger partial charge in [-0.2, -0.15) is 0 Å². The fraction of sp³-hybridized carbons (Fsp3) is 0.667. The number of aryl methyl sites for hydroxylation is 1. The molecule has 2 atom stereocenters. The molecule has 0 spiro atoms. The summed E-state index contributed by atoms with van der Waals surface area (Å²) in [5.41, 5.74) is 4.15. The Kier molecular flexibility index (Phi) is 3.54. The molecule has 0 aliphatic carbocycles. The first-order valence-corrected chi connectivity index (χ1v) is 8.67. The molecule has 114 valence electrons. The number of nitrogens with zero attached hydrogens (tertiary/aromatic N) is 2. The number of nitrogens with one attached hydrogen (secondary N) is 1. The maximum absolute atomic E-state index is 3.84. The van der Waals surface area contributed by atoms with E-state index in [1.165, 1.54) is 75.2 Å². The zero-order valence-electron chi connectivity index (χ0n) is 13.1. The molecule has 1 N–H and O–H groups in total. The fourth-order valence-corrected chi connectivity index (χ4v) is 4.43. The Bertz CT molecular complexity index is 507. The van der Waals surface area contributed by atoms with Crippen molar-refractivity contribution in [3.8, 4) is 0 Å². The van der Waals surface area contributed by atoms with Crippen molar-refractivity contribution in [3.63, 3.8) is 0 Å². The van der Waals surface area contributed by atoms with E-state index in [1.54, 1.807) is 0 Å². The molecule has 3 fully saturated rings. The van der Waals surface area contributed by atoms with Crippen LogP contribution in [-0.4, -0.2) is 43.2 Å². The highest BCUT2D eigenvalue weighted by atomic mass is 15.2. The highest BCUT2D eigenvalue weighted by molar-refractivity contribution is 5.61. The molecule has 1 aromatic rings. The molecule has 3 heteroatoms. The Morgan fingerprint density at radius 2 is 1.86 bits per heavy atom. The first-order chi connectivity index (χ1) is 10.3. The fourth-order valence-electron chi connectivity index (χ4n) is 4.43. The van der Waals surface area contributed by atoms with Crippen LogP contribution in [0.15, 0.2) is 18.2 Å². The summed E-state index contributed by atoms with van der Waals surface area (Å²) in [5.74, 6) is 0. The molecular weight excluding hydrogens is 258 g/mol. The number of hydrogen-bond acceptors (Lipinski definition) is 3. The zero-order valence-corrected chi connectivity index (χ0v) is 13.1. The van der Waals surface area contributed by atoms with Gasteiger partial charge in [0.1, 0.15) is 0 Å². The molecule has 0 radical (unpaired) electrons. The van der Waals surface area contributed by atoms with E-state index < -0.39 is 0 Å². The van der Waals surface area contributed by atoms with Gasteiger partial charge in [-0.25, -0.2) is 0 Å². The van der Waals surface area contributed by atoms with Crippen molar-refractivity contribution < 1.29 is 0 Å². The van der Waals surface area contributed by atoms with Gasteiger partial charge in [0.25, 0.3) is 0 Å². The Morgan fingerprint density at radius 3 is 2.67 bits per heavy atom. The SMILES string of the molecule is Cc1cc(N2CCCC2)ccc1NC1CCN2CCCC12. The molecule has 3 saturated heterocycles. The van der Waals surface area contributed by atoms with Gasteiger partial charge in [-0.15, -0.1) is 0 Å². The topological polar surface area (TPSA) is 18.5 Å². The van der Waals surface area contributed by atoms with Crippen LogP contribution in [0.2, 0.25) is 0 Å². The highest BCUT2D eigenvalue weighted by Crippen LogP contribution is 2.32. The van der Waals surface area contributed by atoms with Gasteiger partial charge in [0, 0.05) is 43.1 Å². The summed E-state index contributed by atoms with van der Waals surface area (Å²) >= 11 is 0. The molecule has 0 amide bonds. The van der Waals surface area contributed by atoms with Gasteiger partial charge >= 0.3 is 0 Å². The van der Waals surface area contributed by atoms with Crippen LogP contribution in [0.4, 0.5) is 11.4 Å². The zero-order chi connectivity index (χ0) is 14.2. The van der Waals surface area contributed by atoms with Crippen molar-refractivity contribution >= 4 is 11.4 Å². The molecular formula is C18H27N3. The van der Waals surface area contributed by atoms with Gasteiger partial charge in [0.15, 0.2) is 0 Å². The van der Waals surface area contributed by atoms with E-state index in [1.807, 2.05) is 0 Å². The molecule has 4 rings (SSSR count). The number of benzene rings is 1. The van der Waals surface area contributed by atoms with Gasteiger partial charge in [0.05, 0.1) is 0 Å². The lowest BCUT2D eigenvalue weighted by Crippen LogP contribution is -2.33. The van der Waals surface area contributed by atoms with E-state index in [2.05, 4.69) is 40.2 Å². The second kappa shape index (κ2) is 5.53. The minimum absolute atomic E-state index is 0.656. The van der Waals surface area contributed by atoms with Crippen LogP contribution in [0.25, 0.3) is 0 Å². The largest absolute Gasteiger partial charge is 0.380 e. The number of anilines is 2. The van der Waals surface area contributed by atoms with Crippen molar-refractivity contribution in [1.82, 2.24) is 4.90 Å². The van der Waals surface area contributed by atoms with Crippen LogP contribution in [0, 0.1) is 6.92 Å². The molecule has 1 aromatic carbocycles. The average Bonchev–Trinajstić information content (AvgIpc) is 3.19. The maximum Gasteiger partial charge on any atom is 0.0429 e. The van der Waals surface area contributed by atoms with E-state index in [0.717, 1.165) is 6.04 Å². The molecule has 0 aromatic heterocycles. The summed E-state index contributed by atoms with van der Waals surface area (Å²) in [5, 5.41) is 3.84. The van der Waals surface area contributed by atoms with Crippen molar-refractivity contribution in [1.29, 1.82) is 0 Å². The normalized spacial score (nSPS) is 29.1. The smallest absolute Gasteiger partial charge is 0.0429 e. The Hall–Kier alpha value is -1.22. The van der Waals surface area contributed by atoms with Gasteiger partial charge in [-0.3, -0.25) is 4.90 Å². The van der Waals surface area contributed by atoms with Gasteiger partial charge in [0.2, 0.25) is 0 Å². The minimum Gasteiger partial charge on any atom is -0.380 e. The first kappa shape index (κ1) is 13.4. The molecule has 3 nitrogen and oxygen atoms in total. The summed E-state index contributed by atoms with van der Waals surface area (Å²) in [6.45, 7) is 7.31. The summed E-state index contributed by atoms with van der Waals surface area (Å²) in [4.78, 5) is 5.19. The van der Waals surface area contributed by atoms with Gasteiger partial charge in [-0.1, -0.05) is 0 Å². The molecule has 0 bridgehead atoms. The maximum atomic E-state index is 3.84. The van der Waals surface area contributed by atoms with Crippen molar-refractivity contribution in [2.45, 2.75) is 51.1 Å². The van der Waals surface area contributed by atoms with Gasteiger partial charge < -0.3 is 10.2 Å². The van der Waals surface area contributed by atoms with E-state index in [0.29, 0.717) is 6.04 Å². The molecule has 3 aliphatic heterocycles. The lowest BCUT2D eigenvalue weighted by atomic mass is 10.0. The Labute approximate surface area is 128 Å². The lowest BCUT2D eigenvalue weighted by Gasteiger charge is -2.24. The van der Waals surface area contributed by atoms with Crippen molar-refractivity contribution in [2.24, 2.45) is 0 Å². The second-order valence-corrected chi connectivity index (χ2v) is 6.98. The molecule has 2 unspecified atom stereocenters. The minimum atomic E-state index is 0.656. The van der Waals surface area contributed by atoms with Crippen molar-refractivity contribution in [2.75, 3.05) is 36.4 Å². The monoisotopic (exact) mass is 285 g/mol. The second-order valence-electron chi connectivity index (χ2n) is 6.98. The first-order valence-electron chi connectivity index (χ1n) is 8.67. The predicted octanol–water partition coefficient (Wildman–Crippen LogP) is 3.24. The summed E-state index contributed by atoms with van der Waals surface area (Å²) in [6, 6.07) is 8.42. The molecule has 21 heavy (non-hydrogen) atoms. The third kappa shape index (κ3) is 2.52. The summed E-state index contributed by atoms with van der Waals surface area (Å²) in [7, 11) is 0. The quantitative estimate of drug-likeness (QED) is 0.920. The van der Waals surface area contributed by atoms with Crippen LogP contribution in [0.3, 0.4) is 0 Å². The molecule has 3 heterocycles. The van der Waals surface area contributed by atoms with Crippen LogP contribution >= 0.6 is 0 Å². The molecule has 3 aliphatic rings. The van der Waals surface area contributed by atoms with Crippen LogP contribution in [-0.2, 0) is 0 Å². The van der Waals surface area contributed by atoms with Crippen molar-refractivity contribution in [3.05, 3.63) is 23.8 Å². The highest BCUT2D eigenvalue weighted by Gasteiger charge is 2.37. The standard InChI is InChI=1S/C18H27N3/c1-14-13-15(20-9-2-3-10-20)6-7-16(14)19-17-8-12-21-11-4-5-18(17)21/h6-7,13,17-19H,2-5,8-12H2,1H3. The van der Waals surface area contributed by atoms with Crippen LogP contribution in [0.1, 0.15) is 37.7 Å². The van der Waals surface area contributed by atoms with E-state index in [9.17, 15) is 0 Å². The Balaban J connectivity index is 1.47.